The summed E-state index contributed by atoms with van der Waals surface area (Å²) in [7, 11) is 0. The Morgan fingerprint density at radius 2 is 1.59 bits per heavy atom. The lowest BCUT2D eigenvalue weighted by molar-refractivity contribution is -0.135. The maximum atomic E-state index is 13.5. The second-order valence-corrected chi connectivity index (χ2v) is 9.71. The molecule has 1 saturated heterocycles. The third-order valence-electron chi connectivity index (χ3n) is 5.60. The molecule has 3 rings (SSSR count). The minimum atomic E-state index is -0.707. The Hall–Kier alpha value is -3.55. The highest BCUT2D eigenvalue weighted by atomic mass is 16.2. The van der Waals surface area contributed by atoms with Gasteiger partial charge in [0, 0.05) is 43.3 Å². The van der Waals surface area contributed by atoms with Gasteiger partial charge in [0.05, 0.1) is 0 Å². The van der Waals surface area contributed by atoms with Gasteiger partial charge in [0.25, 0.3) is 0 Å². The SMILES string of the molecule is CC1CN(C(=O)C(Cc2ccccc2)NC(=O)NC(C)(C)C)CCN1C(=O)Nc1ccccc1. The molecule has 1 heterocycles. The van der Waals surface area contributed by atoms with Crippen molar-refractivity contribution in [1.29, 1.82) is 0 Å². The van der Waals surface area contributed by atoms with Crippen molar-refractivity contribution < 1.29 is 14.4 Å². The zero-order chi connectivity index (χ0) is 24.7. The Bertz CT molecular complexity index is 975. The fraction of sp³-hybridized carbons (Fsp3) is 0.423. The molecule has 8 heteroatoms. The molecule has 2 unspecified atom stereocenters. The summed E-state index contributed by atoms with van der Waals surface area (Å²) in [6.07, 6.45) is 0.389. The third kappa shape index (κ3) is 7.23. The maximum absolute atomic E-state index is 13.5. The smallest absolute Gasteiger partial charge is 0.322 e. The van der Waals surface area contributed by atoms with E-state index in [1.165, 1.54) is 0 Å². The van der Waals surface area contributed by atoms with Crippen LogP contribution in [0.15, 0.2) is 60.7 Å². The van der Waals surface area contributed by atoms with Crippen LogP contribution in [0.25, 0.3) is 0 Å². The number of hydrogen-bond donors (Lipinski definition) is 3. The summed E-state index contributed by atoms with van der Waals surface area (Å²) in [5.41, 5.74) is 1.28. The molecule has 1 fully saturated rings. The van der Waals surface area contributed by atoms with E-state index in [1.54, 1.807) is 9.80 Å². The molecule has 0 aliphatic carbocycles. The Kier molecular flexibility index (Phi) is 8.15. The summed E-state index contributed by atoms with van der Waals surface area (Å²) in [5.74, 6) is -0.150. The number of urea groups is 2. The monoisotopic (exact) mass is 465 g/mol. The van der Waals surface area contributed by atoms with E-state index in [0.29, 0.717) is 26.1 Å². The van der Waals surface area contributed by atoms with Gasteiger partial charge in [-0.15, -0.1) is 0 Å². The standard InChI is InChI=1S/C26H35N5O3/c1-19-18-30(15-16-31(19)25(34)27-21-13-9-6-10-14-21)23(32)22(17-20-11-7-5-8-12-20)28-24(33)29-26(2,3)4/h5-14,19,22H,15-18H2,1-4H3,(H,27,34)(H2,28,29,33). The minimum Gasteiger partial charge on any atom is -0.337 e. The summed E-state index contributed by atoms with van der Waals surface area (Å²) in [6, 6.07) is 17.5. The summed E-state index contributed by atoms with van der Waals surface area (Å²) in [6.45, 7) is 8.81. The minimum absolute atomic E-state index is 0.150. The van der Waals surface area contributed by atoms with Gasteiger partial charge in [-0.3, -0.25) is 4.79 Å². The summed E-state index contributed by atoms with van der Waals surface area (Å²) >= 11 is 0. The lowest BCUT2D eigenvalue weighted by atomic mass is 10.0. The van der Waals surface area contributed by atoms with E-state index in [4.69, 9.17) is 0 Å². The second kappa shape index (κ2) is 11.0. The van der Waals surface area contributed by atoms with E-state index in [9.17, 15) is 14.4 Å². The van der Waals surface area contributed by atoms with Gasteiger partial charge in [0.15, 0.2) is 0 Å². The zero-order valence-electron chi connectivity index (χ0n) is 20.4. The van der Waals surface area contributed by atoms with E-state index in [2.05, 4.69) is 16.0 Å². The lowest BCUT2D eigenvalue weighted by Gasteiger charge is -2.41. The first kappa shape index (κ1) is 25.1. The molecular weight excluding hydrogens is 430 g/mol. The van der Waals surface area contributed by atoms with Crippen molar-refractivity contribution >= 4 is 23.7 Å². The van der Waals surface area contributed by atoms with Gasteiger partial charge in [-0.2, -0.15) is 0 Å². The number of carbonyl (C=O) groups excluding carboxylic acids is 3. The van der Waals surface area contributed by atoms with E-state index in [0.717, 1.165) is 11.3 Å². The van der Waals surface area contributed by atoms with E-state index in [-0.39, 0.29) is 24.0 Å². The van der Waals surface area contributed by atoms with Crippen LogP contribution in [-0.4, -0.2) is 65.0 Å². The number of carbonyl (C=O) groups is 3. The molecule has 5 amide bonds. The van der Waals surface area contributed by atoms with Gasteiger partial charge in [-0.05, 0) is 45.4 Å². The van der Waals surface area contributed by atoms with Crippen LogP contribution in [0.1, 0.15) is 33.3 Å². The van der Waals surface area contributed by atoms with Crippen molar-refractivity contribution in [3.05, 3.63) is 66.2 Å². The number of amides is 5. The molecule has 0 saturated carbocycles. The first-order valence-corrected chi connectivity index (χ1v) is 11.7. The molecule has 0 aromatic heterocycles. The fourth-order valence-corrected chi connectivity index (χ4v) is 3.98. The fourth-order valence-electron chi connectivity index (χ4n) is 3.98. The van der Waals surface area contributed by atoms with E-state index < -0.39 is 11.6 Å². The normalized spacial score (nSPS) is 17.0. The summed E-state index contributed by atoms with van der Waals surface area (Å²) in [4.78, 5) is 42.3. The number of para-hydroxylation sites is 1. The van der Waals surface area contributed by atoms with Crippen molar-refractivity contribution in [2.45, 2.75) is 51.7 Å². The molecule has 0 bridgehead atoms. The predicted octanol–water partition coefficient (Wildman–Crippen LogP) is 3.46. The van der Waals surface area contributed by atoms with Gasteiger partial charge >= 0.3 is 12.1 Å². The molecule has 2 aromatic carbocycles. The Labute approximate surface area is 201 Å². The van der Waals surface area contributed by atoms with Gasteiger partial charge < -0.3 is 25.8 Å². The lowest BCUT2D eigenvalue weighted by Crippen LogP contribution is -2.61. The topological polar surface area (TPSA) is 93.8 Å². The van der Waals surface area contributed by atoms with Crippen molar-refractivity contribution in [2.24, 2.45) is 0 Å². The van der Waals surface area contributed by atoms with Crippen LogP contribution in [-0.2, 0) is 11.2 Å². The largest absolute Gasteiger partial charge is 0.337 e. The Balaban J connectivity index is 1.66. The average molecular weight is 466 g/mol. The zero-order valence-corrected chi connectivity index (χ0v) is 20.4. The first-order chi connectivity index (χ1) is 16.1. The first-order valence-electron chi connectivity index (χ1n) is 11.7. The van der Waals surface area contributed by atoms with Crippen molar-refractivity contribution in [3.63, 3.8) is 0 Å². The van der Waals surface area contributed by atoms with Crippen molar-refractivity contribution in [2.75, 3.05) is 25.0 Å². The number of hydrogen-bond acceptors (Lipinski definition) is 3. The molecule has 34 heavy (non-hydrogen) atoms. The summed E-state index contributed by atoms with van der Waals surface area (Å²) < 4.78 is 0. The number of nitrogens with zero attached hydrogens (tertiary/aromatic N) is 2. The highest BCUT2D eigenvalue weighted by molar-refractivity contribution is 5.90. The van der Waals surface area contributed by atoms with Crippen LogP contribution in [0.3, 0.4) is 0 Å². The van der Waals surface area contributed by atoms with Gasteiger partial charge in [-0.1, -0.05) is 48.5 Å². The number of piperazine rings is 1. The molecule has 8 nitrogen and oxygen atoms in total. The third-order valence-corrected chi connectivity index (χ3v) is 5.60. The van der Waals surface area contributed by atoms with Gasteiger partial charge in [0.1, 0.15) is 6.04 Å². The number of rotatable bonds is 5. The molecular formula is C26H35N5O3. The maximum Gasteiger partial charge on any atom is 0.322 e. The Morgan fingerprint density at radius 3 is 2.18 bits per heavy atom. The van der Waals surface area contributed by atoms with E-state index in [1.807, 2.05) is 88.4 Å². The van der Waals surface area contributed by atoms with Crippen molar-refractivity contribution in [1.82, 2.24) is 20.4 Å². The van der Waals surface area contributed by atoms with Crippen LogP contribution in [0.4, 0.5) is 15.3 Å². The Morgan fingerprint density at radius 1 is 0.971 bits per heavy atom. The molecule has 2 aromatic rings. The molecule has 1 aliphatic rings. The quantitative estimate of drug-likeness (QED) is 0.631. The number of anilines is 1. The second-order valence-electron chi connectivity index (χ2n) is 9.71. The molecule has 2 atom stereocenters. The van der Waals surface area contributed by atoms with E-state index >= 15 is 0 Å². The van der Waals surface area contributed by atoms with Crippen LogP contribution in [0.2, 0.25) is 0 Å². The molecule has 0 radical (unpaired) electrons. The van der Waals surface area contributed by atoms with Gasteiger partial charge in [-0.25, -0.2) is 9.59 Å². The number of benzene rings is 2. The molecule has 3 N–H and O–H groups in total. The van der Waals surface area contributed by atoms with Crippen LogP contribution >= 0.6 is 0 Å². The van der Waals surface area contributed by atoms with Gasteiger partial charge in [0.2, 0.25) is 5.91 Å². The predicted molar refractivity (Wildman–Crippen MR) is 134 cm³/mol. The van der Waals surface area contributed by atoms with Crippen LogP contribution in [0.5, 0.6) is 0 Å². The highest BCUT2D eigenvalue weighted by Crippen LogP contribution is 2.15. The highest BCUT2D eigenvalue weighted by Gasteiger charge is 2.34. The van der Waals surface area contributed by atoms with Crippen LogP contribution in [0, 0.1) is 0 Å². The summed E-state index contributed by atoms with van der Waals surface area (Å²) in [5, 5.41) is 8.64. The number of nitrogens with one attached hydrogen (secondary N) is 3. The molecule has 182 valence electrons. The van der Waals surface area contributed by atoms with Crippen molar-refractivity contribution in [3.8, 4) is 0 Å². The molecule has 0 spiro atoms. The molecule has 1 aliphatic heterocycles. The average Bonchev–Trinajstić information content (AvgIpc) is 2.78. The van der Waals surface area contributed by atoms with Crippen LogP contribution < -0.4 is 16.0 Å².